The summed E-state index contributed by atoms with van der Waals surface area (Å²) >= 11 is 1.44. The maximum Gasteiger partial charge on any atom is 0.258 e. The van der Waals surface area contributed by atoms with E-state index in [1.54, 1.807) is 17.2 Å². The number of nitrogens with zero attached hydrogens (tertiary/aromatic N) is 3. The number of hydrogen-bond donors (Lipinski definition) is 3. The van der Waals surface area contributed by atoms with E-state index >= 15 is 0 Å². The molecule has 1 unspecified atom stereocenters. The third-order valence-corrected chi connectivity index (χ3v) is 11.8. The quantitative estimate of drug-likeness (QED) is 0.192. The zero-order valence-electron chi connectivity index (χ0n) is 27.9. The van der Waals surface area contributed by atoms with E-state index in [4.69, 9.17) is 10.5 Å². The largest absolute Gasteiger partial charge is 0.472 e. The molecule has 2 aromatic heterocycles. The number of benzene rings is 1. The molecular formula is C36H44N6O5S2. The van der Waals surface area contributed by atoms with Crippen LogP contribution in [0.1, 0.15) is 70.1 Å². The third kappa shape index (κ3) is 8.04. The number of ether oxygens (including phenoxy) is 1. The van der Waals surface area contributed by atoms with Gasteiger partial charge in [-0.25, -0.2) is 14.2 Å². The number of carbonyl (C=O) groups is 3. The zero-order chi connectivity index (χ0) is 34.7. The highest BCUT2D eigenvalue weighted by Crippen LogP contribution is 2.45. The minimum absolute atomic E-state index is 0.0389. The standard InChI is InChI=1S/C36H44N6O5S2/c1-4-22(3)16-31(43)42-20-27(18-30(42)32(44)40-36(19-25(36)5-2)34(45)41-49(46)28-12-13-28)47-33-29-17-23(10-11-24(29)14-15-38-33)8-6-7-9-26-21-48-35(37)39-26/h5-6,8,10-11,14-15,17,21-22,25,27-28,30H,2,4,7,9,12-13,16,18-20H2,1,3H3,(H2,37,39)(H,40,44)(H,41,45)/b8-6+/t22-,25+,27+,30-,36+,49?/m0/s1. The molecule has 0 bridgehead atoms. The molecule has 3 amide bonds. The van der Waals surface area contributed by atoms with Crippen molar-refractivity contribution in [3.63, 3.8) is 0 Å². The number of rotatable bonds is 15. The van der Waals surface area contributed by atoms with Gasteiger partial charge in [0.05, 0.1) is 17.5 Å². The summed E-state index contributed by atoms with van der Waals surface area (Å²) in [5.41, 5.74) is 6.48. The molecule has 2 aliphatic carbocycles. The predicted molar refractivity (Wildman–Crippen MR) is 193 cm³/mol. The minimum Gasteiger partial charge on any atom is -0.472 e. The van der Waals surface area contributed by atoms with Gasteiger partial charge in [0, 0.05) is 35.7 Å². The smallest absolute Gasteiger partial charge is 0.258 e. The molecule has 6 atom stereocenters. The van der Waals surface area contributed by atoms with Crippen LogP contribution in [0.4, 0.5) is 5.13 Å². The number of allylic oxidation sites excluding steroid dienone is 1. The number of carbonyl (C=O) groups excluding carboxylic acids is 3. The number of nitrogens with one attached hydrogen (secondary N) is 2. The van der Waals surface area contributed by atoms with Crippen LogP contribution in [0.5, 0.6) is 5.88 Å². The van der Waals surface area contributed by atoms with E-state index in [9.17, 15) is 18.6 Å². The van der Waals surface area contributed by atoms with Crippen molar-refractivity contribution < 1.29 is 23.3 Å². The van der Waals surface area contributed by atoms with E-state index in [0.717, 1.165) is 54.1 Å². The van der Waals surface area contributed by atoms with Crippen molar-refractivity contribution in [3.8, 4) is 5.88 Å². The average molecular weight is 705 g/mol. The summed E-state index contributed by atoms with van der Waals surface area (Å²) in [5, 5.41) is 7.24. The van der Waals surface area contributed by atoms with Crippen LogP contribution in [-0.2, 0) is 31.8 Å². The van der Waals surface area contributed by atoms with Gasteiger partial charge in [-0.3, -0.25) is 19.1 Å². The van der Waals surface area contributed by atoms with Crippen molar-refractivity contribution in [2.24, 2.45) is 11.8 Å². The summed E-state index contributed by atoms with van der Waals surface area (Å²) in [6.45, 7) is 8.08. The molecule has 1 aromatic carbocycles. The Morgan fingerprint density at radius 1 is 1.29 bits per heavy atom. The van der Waals surface area contributed by atoms with Crippen molar-refractivity contribution in [3.05, 3.63) is 65.8 Å². The van der Waals surface area contributed by atoms with E-state index in [-0.39, 0.29) is 36.0 Å². The lowest BCUT2D eigenvalue weighted by molar-refractivity contribution is -0.140. The molecule has 3 fully saturated rings. The summed E-state index contributed by atoms with van der Waals surface area (Å²) < 4.78 is 21.6. The maximum absolute atomic E-state index is 14.0. The average Bonchev–Trinajstić information content (AvgIpc) is 3.98. The highest BCUT2D eigenvalue weighted by atomic mass is 32.2. The first-order valence-corrected chi connectivity index (χ1v) is 19.1. The lowest BCUT2D eigenvalue weighted by atomic mass is 10.0. The second-order valence-electron chi connectivity index (χ2n) is 13.4. The Morgan fingerprint density at radius 3 is 2.80 bits per heavy atom. The minimum atomic E-state index is -1.49. The fourth-order valence-corrected chi connectivity index (χ4v) is 7.95. The first-order valence-electron chi connectivity index (χ1n) is 17.0. The van der Waals surface area contributed by atoms with Crippen LogP contribution < -0.4 is 20.5 Å². The number of anilines is 1. The number of nitrogen functional groups attached to an aromatic ring is 1. The number of fused-ring (bicyclic) bond motifs is 1. The fourth-order valence-electron chi connectivity index (χ4n) is 6.25. The van der Waals surface area contributed by atoms with Gasteiger partial charge in [0.1, 0.15) is 28.7 Å². The second kappa shape index (κ2) is 14.8. The summed E-state index contributed by atoms with van der Waals surface area (Å²) in [5.74, 6) is -0.761. The number of aromatic nitrogens is 2. The van der Waals surface area contributed by atoms with E-state index in [0.29, 0.717) is 23.9 Å². The van der Waals surface area contributed by atoms with Gasteiger partial charge in [0.15, 0.2) is 5.13 Å². The van der Waals surface area contributed by atoms with E-state index in [2.05, 4.69) is 38.7 Å². The predicted octanol–water partition coefficient (Wildman–Crippen LogP) is 4.71. The molecule has 49 heavy (non-hydrogen) atoms. The normalized spacial score (nSPS) is 24.4. The van der Waals surface area contributed by atoms with Gasteiger partial charge >= 0.3 is 0 Å². The SMILES string of the molecule is C=C[C@@H]1C[C@]1(NC(=O)[C@@H]1C[C@@H](Oc2nccc3ccc(/C=C/CCc4csc(N)n4)cc23)CN1C(=O)C[C@@H](C)CC)C(=O)NS(=O)C1CC1. The number of likely N-dealkylation sites (tertiary alicyclic amines) is 1. The topological polar surface area (TPSA) is 157 Å². The summed E-state index contributed by atoms with van der Waals surface area (Å²) in [4.78, 5) is 51.3. The molecule has 11 nitrogen and oxygen atoms in total. The fraction of sp³-hybridized carbons (Fsp3) is 0.472. The van der Waals surface area contributed by atoms with Crippen molar-refractivity contribution >= 4 is 62.0 Å². The van der Waals surface area contributed by atoms with Crippen LogP contribution in [0, 0.1) is 11.8 Å². The zero-order valence-corrected chi connectivity index (χ0v) is 29.6. The summed E-state index contributed by atoms with van der Waals surface area (Å²) in [6.07, 6.45) is 11.9. The molecule has 1 saturated heterocycles. The van der Waals surface area contributed by atoms with Gasteiger partial charge in [0.2, 0.25) is 17.7 Å². The van der Waals surface area contributed by atoms with Crippen LogP contribution in [0.3, 0.4) is 0 Å². The van der Waals surface area contributed by atoms with Crippen LogP contribution in [-0.4, -0.2) is 66.3 Å². The highest BCUT2D eigenvalue weighted by Gasteiger charge is 2.61. The molecule has 0 spiro atoms. The van der Waals surface area contributed by atoms with Crippen molar-refractivity contribution in [2.45, 2.75) is 88.1 Å². The van der Waals surface area contributed by atoms with Crippen LogP contribution in [0.2, 0.25) is 0 Å². The lowest BCUT2D eigenvalue weighted by Crippen LogP contribution is -2.56. The number of amides is 3. The number of aryl methyl sites for hydroxylation is 1. The first kappa shape index (κ1) is 34.8. The first-order chi connectivity index (χ1) is 23.6. The van der Waals surface area contributed by atoms with Crippen molar-refractivity contribution in [2.75, 3.05) is 12.3 Å². The van der Waals surface area contributed by atoms with Gasteiger partial charge in [-0.1, -0.05) is 50.6 Å². The van der Waals surface area contributed by atoms with Crippen LogP contribution in [0.25, 0.3) is 16.8 Å². The Morgan fingerprint density at radius 2 is 2.10 bits per heavy atom. The summed E-state index contributed by atoms with van der Waals surface area (Å²) in [6, 6.07) is 7.16. The molecule has 1 aliphatic heterocycles. The third-order valence-electron chi connectivity index (χ3n) is 9.66. The van der Waals surface area contributed by atoms with Gasteiger partial charge < -0.3 is 20.7 Å². The van der Waals surface area contributed by atoms with Gasteiger partial charge in [-0.05, 0) is 61.1 Å². The van der Waals surface area contributed by atoms with E-state index < -0.39 is 40.5 Å². The Kier molecular flexibility index (Phi) is 10.5. The van der Waals surface area contributed by atoms with Gasteiger partial charge in [0.25, 0.3) is 5.91 Å². The molecule has 3 aromatic rings. The van der Waals surface area contributed by atoms with Crippen LogP contribution >= 0.6 is 11.3 Å². The molecule has 260 valence electrons. The molecule has 6 rings (SSSR count). The molecule has 13 heteroatoms. The molecule has 0 radical (unpaired) electrons. The Balaban J connectivity index is 1.18. The Labute approximate surface area is 293 Å². The number of nitrogens with two attached hydrogens (primary N) is 1. The number of hydrogen-bond acceptors (Lipinski definition) is 9. The van der Waals surface area contributed by atoms with Gasteiger partial charge in [-0.2, -0.15) is 0 Å². The Hall–Kier alpha value is -4.10. The number of thiazole rings is 1. The van der Waals surface area contributed by atoms with E-state index in [1.807, 2.05) is 43.5 Å². The Bertz CT molecular complexity index is 1790. The summed E-state index contributed by atoms with van der Waals surface area (Å²) in [7, 11) is -1.49. The molecule has 4 N–H and O–H groups in total. The molecule has 3 heterocycles. The highest BCUT2D eigenvalue weighted by molar-refractivity contribution is 7.84. The van der Waals surface area contributed by atoms with Crippen molar-refractivity contribution in [1.29, 1.82) is 0 Å². The maximum atomic E-state index is 14.0. The molecule has 2 saturated carbocycles. The number of pyridine rings is 1. The van der Waals surface area contributed by atoms with E-state index in [1.165, 1.54) is 11.3 Å². The van der Waals surface area contributed by atoms with Crippen LogP contribution in [0.15, 0.2) is 54.6 Å². The monoisotopic (exact) mass is 704 g/mol. The molecular weight excluding hydrogens is 661 g/mol. The lowest BCUT2D eigenvalue weighted by Gasteiger charge is -2.27. The molecule has 3 aliphatic rings. The van der Waals surface area contributed by atoms with Gasteiger partial charge in [-0.15, -0.1) is 17.9 Å². The van der Waals surface area contributed by atoms with Crippen molar-refractivity contribution in [1.82, 2.24) is 24.9 Å². The second-order valence-corrected chi connectivity index (χ2v) is 15.8.